The maximum absolute atomic E-state index is 12.7. The van der Waals surface area contributed by atoms with Gasteiger partial charge in [0.25, 0.3) is 0 Å². The van der Waals surface area contributed by atoms with Gasteiger partial charge in [-0.05, 0) is 43.7 Å². The summed E-state index contributed by atoms with van der Waals surface area (Å²) >= 11 is 0. The average Bonchev–Trinajstić information content (AvgIpc) is 3.28. The largest absolute Gasteiger partial charge is 0.246 e. The van der Waals surface area contributed by atoms with Crippen LogP contribution in [0, 0.1) is 17.2 Å². The number of aromatic nitrogens is 1. The molecule has 0 radical (unpaired) electrons. The van der Waals surface area contributed by atoms with E-state index in [0.717, 1.165) is 25.7 Å². The lowest BCUT2D eigenvalue weighted by atomic mass is 10.4. The van der Waals surface area contributed by atoms with Crippen molar-refractivity contribution in [3.05, 3.63) is 24.0 Å². The van der Waals surface area contributed by atoms with Crippen molar-refractivity contribution >= 4 is 10.0 Å². The molecule has 0 N–H and O–H groups in total. The Morgan fingerprint density at radius 2 is 2.11 bits per heavy atom. The van der Waals surface area contributed by atoms with Crippen molar-refractivity contribution < 1.29 is 8.42 Å². The van der Waals surface area contributed by atoms with Crippen molar-refractivity contribution in [1.82, 2.24) is 9.29 Å². The molecular formula is C13H15N3O2S. The van der Waals surface area contributed by atoms with Crippen LogP contribution in [-0.2, 0) is 10.0 Å². The van der Waals surface area contributed by atoms with Gasteiger partial charge < -0.3 is 0 Å². The van der Waals surface area contributed by atoms with Crippen LogP contribution in [0.25, 0.3) is 0 Å². The van der Waals surface area contributed by atoms with E-state index in [4.69, 9.17) is 5.26 Å². The lowest BCUT2D eigenvalue weighted by Gasteiger charge is -2.21. The van der Waals surface area contributed by atoms with Crippen LogP contribution in [-0.4, -0.2) is 30.3 Å². The Morgan fingerprint density at radius 3 is 2.68 bits per heavy atom. The van der Waals surface area contributed by atoms with Crippen molar-refractivity contribution in [2.24, 2.45) is 5.92 Å². The molecule has 1 aromatic heterocycles. The average molecular weight is 277 g/mol. The highest BCUT2D eigenvalue weighted by molar-refractivity contribution is 7.89. The quantitative estimate of drug-likeness (QED) is 0.817. The fourth-order valence-electron chi connectivity index (χ4n) is 2.17. The Balaban J connectivity index is 1.97. The monoisotopic (exact) mass is 277 g/mol. The molecule has 2 saturated carbocycles. The SMILES string of the molecule is N#Cc1ncccc1S(=O)(=O)N(CC1CC1)C1CC1. The minimum atomic E-state index is -3.59. The fraction of sp³-hybridized carbons (Fsp3) is 0.538. The van der Waals surface area contributed by atoms with Gasteiger partial charge in [-0.1, -0.05) is 0 Å². The van der Waals surface area contributed by atoms with Gasteiger partial charge in [0.15, 0.2) is 5.69 Å². The smallest absolute Gasteiger partial charge is 0.244 e. The van der Waals surface area contributed by atoms with E-state index in [0.29, 0.717) is 12.5 Å². The van der Waals surface area contributed by atoms with Crippen LogP contribution in [0.4, 0.5) is 0 Å². The summed E-state index contributed by atoms with van der Waals surface area (Å²) in [6.07, 6.45) is 5.51. The number of pyridine rings is 1. The Kier molecular flexibility index (Phi) is 3.03. The Labute approximate surface area is 112 Å². The number of hydrogen-bond donors (Lipinski definition) is 0. The highest BCUT2D eigenvalue weighted by atomic mass is 32.2. The second kappa shape index (κ2) is 4.58. The second-order valence-corrected chi connectivity index (χ2v) is 7.07. The van der Waals surface area contributed by atoms with Gasteiger partial charge in [-0.25, -0.2) is 13.4 Å². The zero-order valence-electron chi connectivity index (χ0n) is 10.5. The van der Waals surface area contributed by atoms with Crippen molar-refractivity contribution in [3.8, 4) is 6.07 Å². The van der Waals surface area contributed by atoms with E-state index in [-0.39, 0.29) is 16.6 Å². The van der Waals surface area contributed by atoms with Crippen LogP contribution in [0.1, 0.15) is 31.4 Å². The van der Waals surface area contributed by atoms with E-state index >= 15 is 0 Å². The first-order valence-electron chi connectivity index (χ1n) is 6.50. The number of rotatable bonds is 5. The van der Waals surface area contributed by atoms with Gasteiger partial charge in [-0.3, -0.25) is 0 Å². The zero-order chi connectivity index (χ0) is 13.5. The first-order chi connectivity index (χ1) is 9.13. The summed E-state index contributed by atoms with van der Waals surface area (Å²) in [7, 11) is -3.59. The molecule has 3 rings (SSSR count). The van der Waals surface area contributed by atoms with E-state index in [2.05, 4.69) is 4.98 Å². The molecule has 0 spiro atoms. The molecule has 2 fully saturated rings. The lowest BCUT2D eigenvalue weighted by molar-refractivity contribution is 0.388. The van der Waals surface area contributed by atoms with Gasteiger partial charge in [0.1, 0.15) is 11.0 Å². The predicted octanol–water partition coefficient (Wildman–Crippen LogP) is 1.52. The van der Waals surface area contributed by atoms with Crippen molar-refractivity contribution in [3.63, 3.8) is 0 Å². The summed E-state index contributed by atoms with van der Waals surface area (Å²) < 4.78 is 27.0. The molecule has 0 saturated heterocycles. The lowest BCUT2D eigenvalue weighted by Crippen LogP contribution is -2.35. The summed E-state index contributed by atoms with van der Waals surface area (Å²) in [6.45, 7) is 0.590. The predicted molar refractivity (Wildman–Crippen MR) is 68.6 cm³/mol. The minimum Gasteiger partial charge on any atom is -0.244 e. The molecule has 2 aliphatic rings. The van der Waals surface area contributed by atoms with Crippen LogP contribution < -0.4 is 0 Å². The van der Waals surface area contributed by atoms with Crippen LogP contribution in [0.5, 0.6) is 0 Å². The molecule has 100 valence electrons. The molecule has 2 aliphatic carbocycles. The van der Waals surface area contributed by atoms with Crippen molar-refractivity contribution in [2.75, 3.05) is 6.54 Å². The van der Waals surface area contributed by atoms with Gasteiger partial charge in [-0.15, -0.1) is 0 Å². The highest BCUT2D eigenvalue weighted by Crippen LogP contribution is 2.38. The molecule has 0 bridgehead atoms. The maximum atomic E-state index is 12.7. The highest BCUT2D eigenvalue weighted by Gasteiger charge is 2.41. The summed E-state index contributed by atoms with van der Waals surface area (Å²) in [6, 6.07) is 5.03. The Morgan fingerprint density at radius 1 is 1.37 bits per heavy atom. The molecule has 6 heteroatoms. The maximum Gasteiger partial charge on any atom is 0.246 e. The first kappa shape index (κ1) is 12.6. The number of nitriles is 1. The summed E-state index contributed by atoms with van der Waals surface area (Å²) in [5.74, 6) is 0.498. The summed E-state index contributed by atoms with van der Waals surface area (Å²) in [5, 5.41) is 9.02. The number of sulfonamides is 1. The van der Waals surface area contributed by atoms with Gasteiger partial charge in [0, 0.05) is 18.8 Å². The van der Waals surface area contributed by atoms with Crippen molar-refractivity contribution in [1.29, 1.82) is 5.26 Å². The molecule has 0 atom stereocenters. The molecule has 1 heterocycles. The van der Waals surface area contributed by atoms with Gasteiger partial charge >= 0.3 is 0 Å². The summed E-state index contributed by atoms with van der Waals surface area (Å²) in [5.41, 5.74) is -0.0102. The molecule has 19 heavy (non-hydrogen) atoms. The van der Waals surface area contributed by atoms with Gasteiger partial charge in [0.05, 0.1) is 0 Å². The second-order valence-electron chi connectivity index (χ2n) is 5.21. The van der Waals surface area contributed by atoms with E-state index in [9.17, 15) is 8.42 Å². The van der Waals surface area contributed by atoms with E-state index in [1.807, 2.05) is 6.07 Å². The summed E-state index contributed by atoms with van der Waals surface area (Å²) in [4.78, 5) is 3.90. The first-order valence-corrected chi connectivity index (χ1v) is 7.94. The van der Waals surface area contributed by atoms with Crippen LogP contribution in [0.2, 0.25) is 0 Å². The third kappa shape index (κ3) is 2.48. The minimum absolute atomic E-state index is 0.0102. The standard InChI is InChI=1S/C13H15N3O2S/c14-8-12-13(2-1-7-15-12)19(17,18)16(11-5-6-11)9-10-3-4-10/h1-2,7,10-11H,3-6,9H2. The number of nitrogens with zero attached hydrogens (tertiary/aromatic N) is 3. The molecule has 0 aliphatic heterocycles. The zero-order valence-corrected chi connectivity index (χ0v) is 11.3. The Bertz CT molecular complexity index is 628. The molecule has 0 amide bonds. The van der Waals surface area contributed by atoms with Gasteiger partial charge in [-0.2, -0.15) is 9.57 Å². The van der Waals surface area contributed by atoms with Gasteiger partial charge in [0.2, 0.25) is 10.0 Å². The molecule has 0 aromatic carbocycles. The van der Waals surface area contributed by atoms with Crippen molar-refractivity contribution in [2.45, 2.75) is 36.6 Å². The van der Waals surface area contributed by atoms with E-state index < -0.39 is 10.0 Å². The molecule has 5 nitrogen and oxygen atoms in total. The van der Waals surface area contributed by atoms with Crippen LogP contribution in [0.3, 0.4) is 0 Å². The fourth-order valence-corrected chi connectivity index (χ4v) is 4.03. The normalized spacial score (nSPS) is 19.4. The molecule has 1 aromatic rings. The number of hydrogen-bond acceptors (Lipinski definition) is 4. The topological polar surface area (TPSA) is 74.1 Å². The van der Waals surface area contributed by atoms with Crippen LogP contribution in [0.15, 0.2) is 23.2 Å². The molecular weight excluding hydrogens is 262 g/mol. The third-order valence-electron chi connectivity index (χ3n) is 3.55. The molecule has 0 unspecified atom stereocenters. The van der Waals surface area contributed by atoms with E-state index in [1.54, 1.807) is 10.4 Å². The Hall–Kier alpha value is -1.45. The van der Waals surface area contributed by atoms with E-state index in [1.165, 1.54) is 12.3 Å². The van der Waals surface area contributed by atoms with Crippen LogP contribution >= 0.6 is 0 Å². The third-order valence-corrected chi connectivity index (χ3v) is 5.50.